The molecular formula is C21H23FN4. The Bertz CT molecular complexity index is 953. The molecule has 1 unspecified atom stereocenters. The molecule has 134 valence electrons. The molecule has 1 aliphatic carbocycles. The molecule has 0 amide bonds. The lowest BCUT2D eigenvalue weighted by molar-refractivity contribution is 0.619. The van der Waals surface area contributed by atoms with E-state index in [0.717, 1.165) is 16.7 Å². The third-order valence-corrected chi connectivity index (χ3v) is 5.16. The van der Waals surface area contributed by atoms with Crippen LogP contribution in [0.4, 0.5) is 4.39 Å². The maximum atomic E-state index is 13.7. The highest BCUT2D eigenvalue weighted by Gasteiger charge is 2.26. The van der Waals surface area contributed by atoms with Crippen LogP contribution in [0, 0.1) is 12.7 Å². The van der Waals surface area contributed by atoms with Gasteiger partial charge in [0, 0.05) is 28.6 Å². The van der Waals surface area contributed by atoms with Gasteiger partial charge in [0.1, 0.15) is 5.82 Å². The van der Waals surface area contributed by atoms with Gasteiger partial charge in [-0.3, -0.25) is 0 Å². The van der Waals surface area contributed by atoms with E-state index in [4.69, 9.17) is 11.3 Å². The molecule has 2 aromatic rings. The van der Waals surface area contributed by atoms with Crippen LogP contribution in [-0.4, -0.2) is 0 Å². The molecule has 0 spiro atoms. The monoisotopic (exact) mass is 350 g/mol. The fourth-order valence-corrected chi connectivity index (χ4v) is 3.72. The van der Waals surface area contributed by atoms with Crippen molar-refractivity contribution in [2.45, 2.75) is 46.0 Å². The van der Waals surface area contributed by atoms with Crippen molar-refractivity contribution >= 4 is 0 Å². The van der Waals surface area contributed by atoms with Crippen molar-refractivity contribution in [1.29, 1.82) is 0 Å². The molecular weight excluding hydrogens is 327 g/mol. The van der Waals surface area contributed by atoms with Crippen LogP contribution in [0.25, 0.3) is 21.6 Å². The fourth-order valence-electron chi connectivity index (χ4n) is 3.72. The zero-order valence-electron chi connectivity index (χ0n) is 15.5. The minimum absolute atomic E-state index is 0.0753. The zero-order valence-corrected chi connectivity index (χ0v) is 15.5. The number of hydrogen-bond donors (Lipinski definition) is 1. The minimum Gasteiger partial charge on any atom is -0.402 e. The maximum absolute atomic E-state index is 13.7. The first-order valence-corrected chi connectivity index (χ1v) is 8.80. The highest BCUT2D eigenvalue weighted by molar-refractivity contribution is 5.69. The molecule has 5 heteroatoms. The van der Waals surface area contributed by atoms with Gasteiger partial charge in [-0.05, 0) is 63.9 Å². The number of halogens is 1. The number of hydrogen-bond acceptors (Lipinski definition) is 2. The van der Waals surface area contributed by atoms with Crippen LogP contribution in [0.3, 0.4) is 0 Å². The second-order valence-electron chi connectivity index (χ2n) is 7.25. The molecule has 3 rings (SSSR count). The second-order valence-corrected chi connectivity index (χ2v) is 7.25. The first-order valence-electron chi connectivity index (χ1n) is 8.80. The topological polar surface area (TPSA) is 74.8 Å². The van der Waals surface area contributed by atoms with E-state index < -0.39 is 0 Å². The number of nitrogens with two attached hydrogens (primary N) is 1. The van der Waals surface area contributed by atoms with E-state index in [1.165, 1.54) is 17.2 Å². The fraction of sp³-hybridized carbons (Fsp3) is 0.333. The summed E-state index contributed by atoms with van der Waals surface area (Å²) < 4.78 is 13.7. The molecule has 0 fully saturated rings. The smallest absolute Gasteiger partial charge is 0.126 e. The predicted octanol–water partition coefficient (Wildman–Crippen LogP) is 6.06. The van der Waals surface area contributed by atoms with Crippen molar-refractivity contribution in [2.24, 2.45) is 10.8 Å². The molecule has 0 saturated carbocycles. The van der Waals surface area contributed by atoms with E-state index >= 15 is 0 Å². The molecule has 0 saturated heterocycles. The first kappa shape index (κ1) is 18.0. The van der Waals surface area contributed by atoms with Crippen LogP contribution in [0.1, 0.15) is 54.9 Å². The van der Waals surface area contributed by atoms with Crippen molar-refractivity contribution in [3.63, 3.8) is 0 Å². The second kappa shape index (κ2) is 6.85. The van der Waals surface area contributed by atoms with E-state index in [1.54, 1.807) is 13.0 Å². The predicted molar refractivity (Wildman–Crippen MR) is 103 cm³/mol. The average molecular weight is 350 g/mol. The number of rotatable bonds is 3. The molecule has 0 bridgehead atoms. The molecule has 2 aromatic carbocycles. The Morgan fingerprint density at radius 3 is 2.58 bits per heavy atom. The Morgan fingerprint density at radius 1 is 1.23 bits per heavy atom. The summed E-state index contributed by atoms with van der Waals surface area (Å²) in [6, 6.07) is 9.48. The lowest BCUT2D eigenvalue weighted by atomic mass is 9.78. The average Bonchev–Trinajstić information content (AvgIpc) is 2.60. The summed E-state index contributed by atoms with van der Waals surface area (Å²) >= 11 is 0. The van der Waals surface area contributed by atoms with Gasteiger partial charge in [0.25, 0.3) is 0 Å². The quantitative estimate of drug-likeness (QED) is 0.407. The van der Waals surface area contributed by atoms with Gasteiger partial charge in [0.05, 0.1) is 0 Å². The first-order chi connectivity index (χ1) is 12.3. The molecule has 26 heavy (non-hydrogen) atoms. The van der Waals surface area contributed by atoms with Gasteiger partial charge in [-0.1, -0.05) is 44.1 Å². The lowest BCUT2D eigenvalue weighted by Crippen LogP contribution is -2.19. The summed E-state index contributed by atoms with van der Waals surface area (Å²) in [5.74, 6) is 0.0467. The van der Waals surface area contributed by atoms with E-state index in [9.17, 15) is 4.39 Å². The number of azide groups is 1. The lowest BCUT2D eigenvalue weighted by Gasteiger charge is -2.29. The summed E-state index contributed by atoms with van der Waals surface area (Å²) in [6.07, 6.45) is 0.588. The van der Waals surface area contributed by atoms with Crippen LogP contribution in [0.5, 0.6) is 0 Å². The molecule has 0 aliphatic heterocycles. The van der Waals surface area contributed by atoms with Crippen molar-refractivity contribution in [3.05, 3.63) is 80.2 Å². The van der Waals surface area contributed by atoms with E-state index in [0.29, 0.717) is 29.3 Å². The van der Waals surface area contributed by atoms with Crippen molar-refractivity contribution in [3.8, 4) is 11.1 Å². The Balaban J connectivity index is 2.22. The molecule has 0 aromatic heterocycles. The Hall–Kier alpha value is -2.78. The molecule has 4 nitrogen and oxygen atoms in total. The summed E-state index contributed by atoms with van der Waals surface area (Å²) in [5, 5.41) is 3.83. The molecule has 2 N–H and O–H groups in total. The Kier molecular flexibility index (Phi) is 4.75. The van der Waals surface area contributed by atoms with Crippen LogP contribution in [0.15, 0.2) is 46.8 Å². The van der Waals surface area contributed by atoms with Gasteiger partial charge in [0.2, 0.25) is 0 Å². The Labute approximate surface area is 153 Å². The number of benzene rings is 2. The summed E-state index contributed by atoms with van der Waals surface area (Å²) in [7, 11) is 0. The normalized spacial score (nSPS) is 16.5. The highest BCUT2D eigenvalue weighted by atomic mass is 19.1. The van der Waals surface area contributed by atoms with Crippen LogP contribution in [-0.2, 0) is 6.42 Å². The van der Waals surface area contributed by atoms with Gasteiger partial charge in [-0.15, -0.1) is 0 Å². The third kappa shape index (κ3) is 3.06. The third-order valence-electron chi connectivity index (χ3n) is 5.16. The Morgan fingerprint density at radius 2 is 1.96 bits per heavy atom. The molecule has 1 aliphatic rings. The van der Waals surface area contributed by atoms with Gasteiger partial charge in [-0.2, -0.15) is 0 Å². The van der Waals surface area contributed by atoms with Crippen molar-refractivity contribution in [2.75, 3.05) is 0 Å². The summed E-state index contributed by atoms with van der Waals surface area (Å²) in [5.41, 5.74) is 22.5. The summed E-state index contributed by atoms with van der Waals surface area (Å²) in [4.78, 5) is 2.94. The van der Waals surface area contributed by atoms with Gasteiger partial charge in [0.15, 0.2) is 0 Å². The van der Waals surface area contributed by atoms with E-state index in [1.807, 2.05) is 13.0 Å². The van der Waals surface area contributed by atoms with Crippen LogP contribution in [0.2, 0.25) is 0 Å². The standard InChI is InChI=1S/C21H23FN4/c1-11(2)16-8-15(14-5-6-19(22)12(3)7-14)9-17-13(4)21(25-26-24)20(23)10-18(16)17/h5-9,11,13H,10,23H2,1-4H3. The zero-order chi connectivity index (χ0) is 19.0. The largest absolute Gasteiger partial charge is 0.402 e. The van der Waals surface area contributed by atoms with Crippen molar-refractivity contribution in [1.82, 2.24) is 0 Å². The van der Waals surface area contributed by atoms with Crippen LogP contribution < -0.4 is 5.73 Å². The number of aryl methyl sites for hydroxylation is 1. The molecule has 0 heterocycles. The van der Waals surface area contributed by atoms with Crippen molar-refractivity contribution < 1.29 is 4.39 Å². The number of allylic oxidation sites excluding steroid dienone is 2. The highest BCUT2D eigenvalue weighted by Crippen LogP contribution is 2.41. The maximum Gasteiger partial charge on any atom is 0.126 e. The summed E-state index contributed by atoms with van der Waals surface area (Å²) in [6.45, 7) is 8.09. The van der Waals surface area contributed by atoms with E-state index in [2.05, 4.69) is 36.0 Å². The minimum atomic E-state index is -0.203. The van der Waals surface area contributed by atoms with Gasteiger partial charge in [-0.25, -0.2) is 4.39 Å². The number of nitrogens with zero attached hydrogens (tertiary/aromatic N) is 3. The van der Waals surface area contributed by atoms with Gasteiger partial charge < -0.3 is 5.73 Å². The number of fused-ring (bicyclic) bond motifs is 1. The SMILES string of the molecule is Cc1cc(-c2cc(C(C)C)c3c(c2)C(C)C(N=[N+]=[N-])=C(N)C3)ccc1F. The van der Waals surface area contributed by atoms with E-state index in [-0.39, 0.29) is 11.7 Å². The molecule has 1 atom stereocenters. The molecule has 0 radical (unpaired) electrons. The van der Waals surface area contributed by atoms with Crippen LogP contribution >= 0.6 is 0 Å². The van der Waals surface area contributed by atoms with Gasteiger partial charge >= 0.3 is 0 Å².